The molecule has 0 radical (unpaired) electrons. The first-order valence-corrected chi connectivity index (χ1v) is 13.7. The predicted molar refractivity (Wildman–Crippen MR) is 158 cm³/mol. The maximum Gasteiger partial charge on any atom is 0.419 e. The van der Waals surface area contributed by atoms with Gasteiger partial charge in [-0.15, -0.1) is 0 Å². The lowest BCUT2D eigenvalue weighted by molar-refractivity contribution is -0.140. The third-order valence-electron chi connectivity index (χ3n) is 7.94. The Balaban J connectivity index is 1.45. The maximum atomic E-state index is 14.4. The monoisotopic (exact) mass is 656 g/mol. The highest BCUT2D eigenvalue weighted by atomic mass is 19.4. The second-order valence-corrected chi connectivity index (χ2v) is 10.6. The molecule has 6 nitrogen and oxygen atoms in total. The van der Waals surface area contributed by atoms with Crippen LogP contribution in [0.1, 0.15) is 11.1 Å². The van der Waals surface area contributed by atoms with E-state index in [1.807, 2.05) is 0 Å². The van der Waals surface area contributed by atoms with Crippen molar-refractivity contribution in [3.8, 4) is 34.6 Å². The summed E-state index contributed by atoms with van der Waals surface area (Å²) in [4.78, 5) is 17.3. The van der Waals surface area contributed by atoms with Crippen molar-refractivity contribution in [1.29, 1.82) is 10.5 Å². The average molecular weight is 656 g/mol. The number of nitrogens with zero attached hydrogens (tertiary/aromatic N) is 6. The molecular weight excluding hydrogens is 644 g/mol. The van der Waals surface area contributed by atoms with Gasteiger partial charge in [-0.2, -0.15) is 46.9 Å². The van der Waals surface area contributed by atoms with Crippen molar-refractivity contribution >= 4 is 43.6 Å². The van der Waals surface area contributed by atoms with Gasteiger partial charge in [0.2, 0.25) is 12.4 Å². The van der Waals surface area contributed by atoms with Crippen LogP contribution in [0.4, 0.5) is 35.1 Å². The normalized spacial score (nSPS) is 13.2. The molecule has 0 saturated heterocycles. The maximum absolute atomic E-state index is 14.4. The summed E-state index contributed by atoms with van der Waals surface area (Å²) in [6.07, 6.45) is -6.33. The van der Waals surface area contributed by atoms with E-state index in [1.54, 1.807) is 24.5 Å². The molecule has 0 unspecified atom stereocenters. The molecule has 0 atom stereocenters. The second kappa shape index (κ2) is 10.6. The average Bonchev–Trinajstić information content (AvgIpc) is 3.49. The number of hydrogen-bond donors (Lipinski definition) is 0. The minimum Gasteiger partial charge on any atom is -0.241 e. The van der Waals surface area contributed by atoms with Crippen molar-refractivity contribution in [2.75, 3.05) is 0 Å². The largest absolute Gasteiger partial charge is 0.419 e. The summed E-state index contributed by atoms with van der Waals surface area (Å²) < 4.78 is 107. The first-order chi connectivity index (χ1) is 22.8. The van der Waals surface area contributed by atoms with Crippen LogP contribution in [0, 0.1) is 34.5 Å². The fourth-order valence-corrected chi connectivity index (χ4v) is 5.82. The molecule has 1 heterocycles. The molecule has 0 fully saturated rings. The number of benzene rings is 4. The standard InChI is InChI=1S/C34H12F8N6/c35-25-11-17(3-7-23(25)33(37,38)39)15-1-5-19-21(9-15)27(45-13-43)31-29(19)47-32-28(46-14-44)22-10-16(2-6-20(22)30(32)48-31)18-4-8-24(26(36)12-18)34(40,41)42/h1-12H/b45-27-,46-28+. The van der Waals surface area contributed by atoms with E-state index in [-0.39, 0.29) is 43.9 Å². The van der Waals surface area contributed by atoms with E-state index in [4.69, 9.17) is 9.97 Å². The van der Waals surface area contributed by atoms with Crippen LogP contribution in [0.3, 0.4) is 0 Å². The van der Waals surface area contributed by atoms with E-state index >= 15 is 0 Å². The van der Waals surface area contributed by atoms with Crippen molar-refractivity contribution in [3.63, 3.8) is 0 Å². The first kappa shape index (κ1) is 30.4. The van der Waals surface area contributed by atoms with Gasteiger partial charge in [0.1, 0.15) is 33.4 Å². The van der Waals surface area contributed by atoms with Gasteiger partial charge in [-0.1, -0.05) is 36.4 Å². The summed E-state index contributed by atoms with van der Waals surface area (Å²) >= 11 is 0. The summed E-state index contributed by atoms with van der Waals surface area (Å²) in [6.45, 7) is 0. The smallest absolute Gasteiger partial charge is 0.241 e. The number of halogens is 8. The Morgan fingerprint density at radius 1 is 0.479 bits per heavy atom. The quantitative estimate of drug-likeness (QED) is 0.138. The summed E-state index contributed by atoms with van der Waals surface area (Å²) in [7, 11) is 0. The lowest BCUT2D eigenvalue weighted by Gasteiger charge is -2.09. The molecule has 0 aliphatic carbocycles. The Morgan fingerprint density at radius 3 is 1.17 bits per heavy atom. The van der Waals surface area contributed by atoms with Crippen molar-refractivity contribution in [2.45, 2.75) is 12.4 Å². The number of fused-ring (bicyclic) bond motifs is 6. The van der Waals surface area contributed by atoms with Gasteiger partial charge in [-0.05, 0) is 58.7 Å². The van der Waals surface area contributed by atoms with E-state index in [0.717, 1.165) is 24.3 Å². The van der Waals surface area contributed by atoms with Gasteiger partial charge in [0.15, 0.2) is 0 Å². The summed E-state index contributed by atoms with van der Waals surface area (Å²) in [5.74, 6) is -2.91. The highest BCUT2D eigenvalue weighted by molar-refractivity contribution is 6.15. The SMILES string of the molecule is N#C/N=c1/c2cc(-c3ccc(C(F)(F)F)c(F)c3)ccc2c2nc3/c(=N/C#N)c4cc(-c5ccc(C(F)(F)F)c(F)c5)ccc4c3nc12. The van der Waals surface area contributed by atoms with Crippen molar-refractivity contribution in [1.82, 2.24) is 9.97 Å². The van der Waals surface area contributed by atoms with E-state index in [1.165, 1.54) is 24.3 Å². The molecule has 0 bridgehead atoms. The molecule has 48 heavy (non-hydrogen) atoms. The fourth-order valence-electron chi connectivity index (χ4n) is 5.82. The molecule has 0 aliphatic rings. The van der Waals surface area contributed by atoms with Crippen molar-refractivity contribution < 1.29 is 35.1 Å². The molecule has 7 aromatic rings. The van der Waals surface area contributed by atoms with Gasteiger partial charge in [-0.3, -0.25) is 0 Å². The highest BCUT2D eigenvalue weighted by Gasteiger charge is 2.35. The van der Waals surface area contributed by atoms with Crippen LogP contribution in [0.25, 0.3) is 65.9 Å². The Morgan fingerprint density at radius 2 is 0.833 bits per heavy atom. The van der Waals surface area contributed by atoms with Crippen LogP contribution in [0.5, 0.6) is 0 Å². The zero-order chi connectivity index (χ0) is 34.1. The number of rotatable bonds is 2. The Kier molecular flexibility index (Phi) is 6.73. The molecule has 0 aliphatic heterocycles. The Labute approximate surface area is 262 Å². The molecule has 7 rings (SSSR count). The molecule has 0 spiro atoms. The lowest BCUT2D eigenvalue weighted by Crippen LogP contribution is -2.07. The topological polar surface area (TPSA) is 98.1 Å². The molecule has 6 aromatic carbocycles. The summed E-state index contributed by atoms with van der Waals surface area (Å²) in [5.41, 5.74) is -1.02. The molecular formula is C34H12F8N6. The zero-order valence-electron chi connectivity index (χ0n) is 23.6. The van der Waals surface area contributed by atoms with Crippen LogP contribution < -0.4 is 10.7 Å². The van der Waals surface area contributed by atoms with E-state index in [9.17, 15) is 45.6 Å². The third kappa shape index (κ3) is 4.77. The van der Waals surface area contributed by atoms with Crippen LogP contribution in [-0.4, -0.2) is 9.97 Å². The minimum atomic E-state index is -4.87. The van der Waals surface area contributed by atoms with Crippen LogP contribution in [0.15, 0.2) is 82.8 Å². The fraction of sp³-hybridized carbons (Fsp3) is 0.0588. The van der Waals surface area contributed by atoms with E-state index in [2.05, 4.69) is 9.98 Å². The molecule has 1 aromatic heterocycles. The van der Waals surface area contributed by atoms with Crippen LogP contribution >= 0.6 is 0 Å². The number of alkyl halides is 6. The van der Waals surface area contributed by atoms with Gasteiger partial charge in [0.25, 0.3) is 0 Å². The third-order valence-corrected chi connectivity index (χ3v) is 7.94. The van der Waals surface area contributed by atoms with Crippen molar-refractivity contribution in [3.05, 3.63) is 106 Å². The minimum absolute atomic E-state index is 0.0936. The second-order valence-electron chi connectivity index (χ2n) is 10.6. The van der Waals surface area contributed by atoms with Gasteiger partial charge in [-0.25, -0.2) is 18.7 Å². The molecule has 0 amide bonds. The van der Waals surface area contributed by atoms with Gasteiger partial charge >= 0.3 is 12.4 Å². The number of nitriles is 2. The number of aromatic nitrogens is 2. The predicted octanol–water partition coefficient (Wildman–Crippen LogP) is 8.38. The van der Waals surface area contributed by atoms with Crippen LogP contribution in [0.2, 0.25) is 0 Å². The van der Waals surface area contributed by atoms with Gasteiger partial charge in [0, 0.05) is 21.5 Å². The Bertz CT molecular complexity index is 2520. The number of hydrogen-bond acceptors (Lipinski definition) is 6. The lowest BCUT2D eigenvalue weighted by atomic mass is 10.0. The molecule has 14 heteroatoms. The van der Waals surface area contributed by atoms with Gasteiger partial charge < -0.3 is 0 Å². The highest BCUT2D eigenvalue weighted by Crippen LogP contribution is 2.37. The summed E-state index contributed by atoms with van der Waals surface area (Å²) in [5, 5.41) is 20.8. The molecule has 0 N–H and O–H groups in total. The van der Waals surface area contributed by atoms with Crippen LogP contribution in [-0.2, 0) is 12.4 Å². The molecule has 234 valence electrons. The molecule has 0 saturated carbocycles. The van der Waals surface area contributed by atoms with Gasteiger partial charge in [0.05, 0.1) is 22.2 Å². The van der Waals surface area contributed by atoms with Crippen molar-refractivity contribution in [2.24, 2.45) is 9.98 Å². The van der Waals surface area contributed by atoms with E-state index in [0.29, 0.717) is 44.8 Å². The van der Waals surface area contributed by atoms with E-state index < -0.39 is 35.1 Å². The Hall–Kier alpha value is -6.28. The zero-order valence-corrected chi connectivity index (χ0v) is 23.6. The first-order valence-electron chi connectivity index (χ1n) is 13.7. The summed E-state index contributed by atoms with van der Waals surface area (Å²) in [6, 6.07) is 14.3.